The van der Waals surface area contributed by atoms with Crippen LogP contribution in [0.1, 0.15) is 10.4 Å². The van der Waals surface area contributed by atoms with E-state index in [2.05, 4.69) is 5.32 Å². The molecule has 3 N–H and O–H groups in total. The molecule has 0 atom stereocenters. The van der Waals surface area contributed by atoms with Gasteiger partial charge in [0.1, 0.15) is 5.75 Å². The van der Waals surface area contributed by atoms with E-state index in [0.717, 1.165) is 4.90 Å². The minimum absolute atomic E-state index is 0.0122. The summed E-state index contributed by atoms with van der Waals surface area (Å²) in [6.45, 7) is 0. The Labute approximate surface area is 147 Å². The zero-order valence-corrected chi connectivity index (χ0v) is 14.0. The van der Waals surface area contributed by atoms with E-state index in [-0.39, 0.29) is 22.9 Å². The first-order valence-corrected chi connectivity index (χ1v) is 8.04. The third kappa shape index (κ3) is 4.95. The molecule has 0 aliphatic carbocycles. The van der Waals surface area contributed by atoms with Crippen LogP contribution in [0.3, 0.4) is 0 Å². The maximum Gasteiger partial charge on any atom is 0.269 e. The fraction of sp³-hybridized carbons (Fsp3) is 0.125. The zero-order valence-electron chi connectivity index (χ0n) is 13.2. The summed E-state index contributed by atoms with van der Waals surface area (Å²) in [7, 11) is 1.44. The van der Waals surface area contributed by atoms with Crippen LogP contribution in [0, 0.1) is 10.1 Å². The lowest BCUT2D eigenvalue weighted by Gasteiger charge is -2.11. The highest BCUT2D eigenvalue weighted by molar-refractivity contribution is 8.00. The first-order valence-electron chi connectivity index (χ1n) is 7.05. The highest BCUT2D eigenvalue weighted by Crippen LogP contribution is 2.26. The summed E-state index contributed by atoms with van der Waals surface area (Å²) in [5, 5.41) is 13.3. The molecule has 2 amide bonds. The number of amides is 2. The summed E-state index contributed by atoms with van der Waals surface area (Å²) in [6, 6.07) is 10.4. The molecule has 0 aliphatic heterocycles. The van der Waals surface area contributed by atoms with Crippen LogP contribution in [-0.2, 0) is 4.79 Å². The average Bonchev–Trinajstić information content (AvgIpc) is 2.60. The van der Waals surface area contributed by atoms with Gasteiger partial charge in [-0.1, -0.05) is 0 Å². The number of anilines is 1. The lowest BCUT2D eigenvalue weighted by Crippen LogP contribution is -2.16. The number of nitro benzene ring substituents is 1. The average molecular weight is 361 g/mol. The predicted octanol–water partition coefficient (Wildman–Crippen LogP) is 2.43. The Morgan fingerprint density at radius 1 is 1.24 bits per heavy atom. The largest absolute Gasteiger partial charge is 0.495 e. The molecule has 0 unspecified atom stereocenters. The summed E-state index contributed by atoms with van der Waals surface area (Å²) in [5.74, 6) is -0.442. The number of nitrogens with one attached hydrogen (secondary N) is 1. The molecule has 0 radical (unpaired) electrons. The van der Waals surface area contributed by atoms with Gasteiger partial charge in [0.05, 0.1) is 23.5 Å². The SMILES string of the molecule is COc1ccc(C(N)=O)cc1NC(=O)CSc1ccc([N+](=O)[O-])cc1. The fourth-order valence-electron chi connectivity index (χ4n) is 1.96. The summed E-state index contributed by atoms with van der Waals surface area (Å²) in [4.78, 5) is 34.2. The Morgan fingerprint density at radius 2 is 1.92 bits per heavy atom. The van der Waals surface area contributed by atoms with Gasteiger partial charge in [-0.05, 0) is 30.3 Å². The number of carbonyl (C=O) groups is 2. The minimum Gasteiger partial charge on any atom is -0.495 e. The Kier molecular flexibility index (Phi) is 5.96. The standard InChI is InChI=1S/C16H15N3O5S/c1-24-14-7-2-10(16(17)21)8-13(14)18-15(20)9-25-12-5-3-11(4-6-12)19(22)23/h2-8H,9H2,1H3,(H2,17,21)(H,18,20). The third-order valence-electron chi connectivity index (χ3n) is 3.18. The van der Waals surface area contributed by atoms with Gasteiger partial charge in [-0.25, -0.2) is 0 Å². The van der Waals surface area contributed by atoms with Gasteiger partial charge >= 0.3 is 0 Å². The zero-order chi connectivity index (χ0) is 18.4. The Bertz CT molecular complexity index is 808. The molecule has 130 valence electrons. The maximum atomic E-state index is 12.1. The van der Waals surface area contributed by atoms with E-state index in [1.165, 1.54) is 43.1 Å². The van der Waals surface area contributed by atoms with Gasteiger partial charge in [0.15, 0.2) is 0 Å². The number of nitrogens with two attached hydrogens (primary N) is 1. The van der Waals surface area contributed by atoms with Gasteiger partial charge in [-0.15, -0.1) is 11.8 Å². The molecular formula is C16H15N3O5S. The van der Waals surface area contributed by atoms with Crippen LogP contribution < -0.4 is 15.8 Å². The van der Waals surface area contributed by atoms with Crippen LogP contribution in [0.2, 0.25) is 0 Å². The van der Waals surface area contributed by atoms with Crippen molar-refractivity contribution in [2.24, 2.45) is 5.73 Å². The van der Waals surface area contributed by atoms with Crippen LogP contribution in [-0.4, -0.2) is 29.6 Å². The van der Waals surface area contributed by atoms with Crippen LogP contribution in [0.4, 0.5) is 11.4 Å². The Hall–Kier alpha value is -3.07. The second-order valence-electron chi connectivity index (χ2n) is 4.87. The van der Waals surface area contributed by atoms with Crippen molar-refractivity contribution in [3.05, 3.63) is 58.1 Å². The van der Waals surface area contributed by atoms with Gasteiger partial charge < -0.3 is 15.8 Å². The molecule has 25 heavy (non-hydrogen) atoms. The molecule has 0 aliphatic rings. The molecule has 9 heteroatoms. The lowest BCUT2D eigenvalue weighted by molar-refractivity contribution is -0.384. The number of rotatable bonds is 7. The van der Waals surface area contributed by atoms with Crippen LogP contribution in [0.5, 0.6) is 5.75 Å². The number of primary amides is 1. The first-order chi connectivity index (χ1) is 11.9. The van der Waals surface area contributed by atoms with Gasteiger partial charge in [0.2, 0.25) is 11.8 Å². The molecule has 0 spiro atoms. The number of benzene rings is 2. The van der Waals surface area contributed by atoms with E-state index in [0.29, 0.717) is 11.4 Å². The molecule has 2 rings (SSSR count). The third-order valence-corrected chi connectivity index (χ3v) is 4.19. The van der Waals surface area contributed by atoms with Crippen molar-refractivity contribution in [2.45, 2.75) is 4.90 Å². The number of nitro groups is 1. The highest BCUT2D eigenvalue weighted by atomic mass is 32.2. The first kappa shape index (κ1) is 18.3. The Balaban J connectivity index is 2.01. The topological polar surface area (TPSA) is 125 Å². The van der Waals surface area contributed by atoms with Crippen molar-refractivity contribution in [3.8, 4) is 5.75 Å². The highest BCUT2D eigenvalue weighted by Gasteiger charge is 2.12. The van der Waals surface area contributed by atoms with Crippen molar-refractivity contribution in [2.75, 3.05) is 18.2 Å². The molecule has 2 aromatic carbocycles. The van der Waals surface area contributed by atoms with Crippen molar-refractivity contribution >= 4 is 35.0 Å². The number of thioether (sulfide) groups is 1. The van der Waals surface area contributed by atoms with E-state index < -0.39 is 10.8 Å². The van der Waals surface area contributed by atoms with E-state index in [1.54, 1.807) is 18.2 Å². The van der Waals surface area contributed by atoms with Crippen LogP contribution >= 0.6 is 11.8 Å². The van der Waals surface area contributed by atoms with E-state index >= 15 is 0 Å². The number of nitrogens with zero attached hydrogens (tertiary/aromatic N) is 1. The number of methoxy groups -OCH3 is 1. The summed E-state index contributed by atoms with van der Waals surface area (Å²) >= 11 is 1.23. The van der Waals surface area contributed by atoms with Gasteiger partial charge in [-0.3, -0.25) is 19.7 Å². The number of hydrogen-bond acceptors (Lipinski definition) is 6. The number of hydrogen-bond donors (Lipinski definition) is 2. The predicted molar refractivity (Wildman–Crippen MR) is 94.0 cm³/mol. The molecule has 0 bridgehead atoms. The van der Waals surface area contributed by atoms with Crippen molar-refractivity contribution in [3.63, 3.8) is 0 Å². The lowest BCUT2D eigenvalue weighted by atomic mass is 10.1. The van der Waals surface area contributed by atoms with Gasteiger partial charge in [0, 0.05) is 22.6 Å². The molecule has 0 heterocycles. The monoisotopic (exact) mass is 361 g/mol. The smallest absolute Gasteiger partial charge is 0.269 e. The minimum atomic E-state index is -0.613. The molecule has 2 aromatic rings. The molecule has 8 nitrogen and oxygen atoms in total. The fourth-order valence-corrected chi connectivity index (χ4v) is 2.66. The maximum absolute atomic E-state index is 12.1. The van der Waals surface area contributed by atoms with Crippen LogP contribution in [0.25, 0.3) is 0 Å². The van der Waals surface area contributed by atoms with Crippen molar-refractivity contribution < 1.29 is 19.2 Å². The second kappa shape index (κ2) is 8.15. The molecule has 0 aromatic heterocycles. The molecule has 0 fully saturated rings. The number of non-ortho nitro benzene ring substituents is 1. The molecular weight excluding hydrogens is 346 g/mol. The number of carbonyl (C=O) groups excluding carboxylic acids is 2. The quantitative estimate of drug-likeness (QED) is 0.443. The van der Waals surface area contributed by atoms with Gasteiger partial charge in [-0.2, -0.15) is 0 Å². The second-order valence-corrected chi connectivity index (χ2v) is 5.92. The molecule has 0 saturated carbocycles. The summed E-state index contributed by atoms with van der Waals surface area (Å²) < 4.78 is 5.14. The summed E-state index contributed by atoms with van der Waals surface area (Å²) in [5.41, 5.74) is 5.81. The van der Waals surface area contributed by atoms with Crippen LogP contribution in [0.15, 0.2) is 47.4 Å². The normalized spacial score (nSPS) is 10.1. The molecule has 0 saturated heterocycles. The van der Waals surface area contributed by atoms with E-state index in [4.69, 9.17) is 10.5 Å². The summed E-state index contributed by atoms with van der Waals surface area (Å²) in [6.07, 6.45) is 0. The number of ether oxygens (including phenoxy) is 1. The Morgan fingerprint density at radius 3 is 2.48 bits per heavy atom. The van der Waals surface area contributed by atoms with E-state index in [9.17, 15) is 19.7 Å². The van der Waals surface area contributed by atoms with Gasteiger partial charge in [0.25, 0.3) is 5.69 Å². The van der Waals surface area contributed by atoms with Crippen molar-refractivity contribution in [1.82, 2.24) is 0 Å². The van der Waals surface area contributed by atoms with Crippen molar-refractivity contribution in [1.29, 1.82) is 0 Å². The van der Waals surface area contributed by atoms with E-state index in [1.807, 2.05) is 0 Å².